The van der Waals surface area contributed by atoms with Gasteiger partial charge in [0, 0.05) is 36.7 Å². The van der Waals surface area contributed by atoms with Crippen LogP contribution < -0.4 is 14.4 Å². The van der Waals surface area contributed by atoms with Crippen molar-refractivity contribution in [3.63, 3.8) is 0 Å². The molecule has 1 amide bonds. The minimum Gasteiger partial charge on any atom is -0.479 e. The van der Waals surface area contributed by atoms with Gasteiger partial charge >= 0.3 is 0 Å². The zero-order valence-electron chi connectivity index (χ0n) is 15.9. The first-order valence-corrected chi connectivity index (χ1v) is 10.0. The number of hydrogen-bond acceptors (Lipinski definition) is 5. The molecule has 0 unspecified atom stereocenters. The first-order valence-electron chi connectivity index (χ1n) is 10.0. The Balaban J connectivity index is 1.27. The van der Waals surface area contributed by atoms with Crippen LogP contribution in [0.1, 0.15) is 48.0 Å². The van der Waals surface area contributed by atoms with E-state index in [-0.39, 0.29) is 17.8 Å². The molecule has 0 spiro atoms. The molecule has 1 aliphatic heterocycles. The van der Waals surface area contributed by atoms with Gasteiger partial charge in [-0.2, -0.15) is 0 Å². The number of amides is 1. The molecular formula is C22H21FN2O4. The molecule has 0 bridgehead atoms. The fourth-order valence-electron chi connectivity index (χ4n) is 4.00. The van der Waals surface area contributed by atoms with Gasteiger partial charge in [-0.1, -0.05) is 0 Å². The van der Waals surface area contributed by atoms with Crippen LogP contribution in [0, 0.1) is 5.82 Å². The van der Waals surface area contributed by atoms with E-state index in [9.17, 15) is 14.0 Å². The fraction of sp³-hybridized carbons (Fsp3) is 0.409. The van der Waals surface area contributed by atoms with Gasteiger partial charge in [0.25, 0.3) is 5.91 Å². The number of fused-ring (bicyclic) bond motifs is 1. The molecule has 5 rings (SSSR count). The van der Waals surface area contributed by atoms with Crippen molar-refractivity contribution in [2.75, 3.05) is 11.4 Å². The van der Waals surface area contributed by atoms with Crippen LogP contribution in [-0.2, 0) is 11.2 Å². The third-order valence-electron chi connectivity index (χ3n) is 5.88. The third-order valence-corrected chi connectivity index (χ3v) is 5.88. The summed E-state index contributed by atoms with van der Waals surface area (Å²) in [6.07, 6.45) is 5.66. The molecule has 2 heterocycles. The average Bonchev–Trinajstić information content (AvgIpc) is 3.23. The van der Waals surface area contributed by atoms with Gasteiger partial charge < -0.3 is 14.4 Å². The van der Waals surface area contributed by atoms with Crippen LogP contribution in [0.15, 0.2) is 30.5 Å². The standard InChI is InChI=1S/C22H21FN2O4/c23-18-11-13(10-17-16(18)5-6-19(17)26)25-9-8-20(22(25)27)28-15-4-7-21(24-12-15)29-14-2-1-3-14/h4,7,10-12,14,20H,1-3,5-6,8-9H2/t20-/m1/s1. The Morgan fingerprint density at radius 1 is 1.07 bits per heavy atom. The molecular weight excluding hydrogens is 375 g/mol. The summed E-state index contributed by atoms with van der Waals surface area (Å²) in [6.45, 7) is 0.409. The largest absolute Gasteiger partial charge is 0.479 e. The van der Waals surface area contributed by atoms with Gasteiger partial charge in [-0.05, 0) is 49.4 Å². The number of anilines is 1. The predicted molar refractivity (Wildman–Crippen MR) is 103 cm³/mol. The maximum Gasteiger partial charge on any atom is 0.268 e. The lowest BCUT2D eigenvalue weighted by Gasteiger charge is -2.25. The number of carbonyl (C=O) groups is 2. The average molecular weight is 396 g/mol. The van der Waals surface area contributed by atoms with Gasteiger partial charge in [0.1, 0.15) is 17.7 Å². The van der Waals surface area contributed by atoms with Crippen molar-refractivity contribution < 1.29 is 23.5 Å². The lowest BCUT2D eigenvalue weighted by Crippen LogP contribution is -2.32. The number of pyridine rings is 1. The van der Waals surface area contributed by atoms with Crippen molar-refractivity contribution >= 4 is 17.4 Å². The van der Waals surface area contributed by atoms with E-state index in [4.69, 9.17) is 9.47 Å². The highest BCUT2D eigenvalue weighted by Gasteiger charge is 2.36. The zero-order chi connectivity index (χ0) is 20.0. The minimum atomic E-state index is -0.665. The van der Waals surface area contributed by atoms with E-state index < -0.39 is 11.9 Å². The maximum absolute atomic E-state index is 14.4. The molecule has 0 N–H and O–H groups in total. The molecule has 1 atom stereocenters. The Kier molecular flexibility index (Phi) is 4.45. The maximum atomic E-state index is 14.4. The molecule has 2 fully saturated rings. The molecule has 1 saturated carbocycles. The summed E-state index contributed by atoms with van der Waals surface area (Å²) >= 11 is 0. The Bertz CT molecular complexity index is 972. The lowest BCUT2D eigenvalue weighted by atomic mass is 9.96. The number of rotatable bonds is 5. The minimum absolute atomic E-state index is 0.0736. The highest BCUT2D eigenvalue weighted by atomic mass is 19.1. The smallest absolute Gasteiger partial charge is 0.268 e. The van der Waals surface area contributed by atoms with Gasteiger partial charge in [-0.15, -0.1) is 0 Å². The van der Waals surface area contributed by atoms with E-state index in [0.29, 0.717) is 54.3 Å². The summed E-state index contributed by atoms with van der Waals surface area (Å²) in [5.41, 5.74) is 1.26. The first-order chi connectivity index (χ1) is 14.1. The Morgan fingerprint density at radius 2 is 1.93 bits per heavy atom. The van der Waals surface area contributed by atoms with Gasteiger partial charge in [0.05, 0.1) is 6.20 Å². The number of halogens is 1. The van der Waals surface area contributed by atoms with Crippen molar-refractivity contribution in [1.82, 2.24) is 4.98 Å². The molecule has 29 heavy (non-hydrogen) atoms. The van der Waals surface area contributed by atoms with E-state index in [0.717, 1.165) is 12.8 Å². The van der Waals surface area contributed by atoms with Gasteiger partial charge in [-0.3, -0.25) is 9.59 Å². The number of nitrogens with zero attached hydrogens (tertiary/aromatic N) is 2. The van der Waals surface area contributed by atoms with Crippen LogP contribution in [0.3, 0.4) is 0 Å². The van der Waals surface area contributed by atoms with Crippen LogP contribution in [-0.4, -0.2) is 35.4 Å². The highest BCUT2D eigenvalue weighted by molar-refractivity contribution is 6.04. The summed E-state index contributed by atoms with van der Waals surface area (Å²) in [5.74, 6) is 0.299. The second-order valence-corrected chi connectivity index (χ2v) is 7.76. The second kappa shape index (κ2) is 7.13. The monoisotopic (exact) mass is 396 g/mol. The Morgan fingerprint density at radius 3 is 2.66 bits per heavy atom. The molecule has 1 aromatic carbocycles. The summed E-state index contributed by atoms with van der Waals surface area (Å²) in [7, 11) is 0. The van der Waals surface area contributed by atoms with Crippen molar-refractivity contribution in [3.8, 4) is 11.6 Å². The quantitative estimate of drug-likeness (QED) is 0.774. The van der Waals surface area contributed by atoms with E-state index in [1.165, 1.54) is 17.4 Å². The molecule has 1 aromatic heterocycles. The molecule has 3 aliphatic rings. The molecule has 7 heteroatoms. The molecule has 2 aromatic rings. The number of benzene rings is 1. The van der Waals surface area contributed by atoms with Crippen molar-refractivity contribution in [1.29, 1.82) is 0 Å². The van der Waals surface area contributed by atoms with Crippen molar-refractivity contribution in [3.05, 3.63) is 47.4 Å². The van der Waals surface area contributed by atoms with E-state index in [1.54, 1.807) is 24.4 Å². The molecule has 2 aliphatic carbocycles. The third kappa shape index (κ3) is 3.34. The zero-order valence-corrected chi connectivity index (χ0v) is 15.9. The van der Waals surface area contributed by atoms with Crippen LogP contribution in [0.4, 0.5) is 10.1 Å². The topological polar surface area (TPSA) is 68.7 Å². The lowest BCUT2D eigenvalue weighted by molar-refractivity contribution is -0.122. The summed E-state index contributed by atoms with van der Waals surface area (Å²) in [5, 5.41) is 0. The molecule has 0 radical (unpaired) electrons. The van der Waals surface area contributed by atoms with Crippen molar-refractivity contribution in [2.45, 2.75) is 50.7 Å². The fourth-order valence-corrected chi connectivity index (χ4v) is 4.00. The van der Waals surface area contributed by atoms with Gasteiger partial charge in [0.15, 0.2) is 11.9 Å². The highest BCUT2D eigenvalue weighted by Crippen LogP contribution is 2.32. The normalized spacial score (nSPS) is 21.3. The SMILES string of the molecule is O=C1CCc2c(F)cc(N3CC[C@@H](Oc4ccc(OC5CCC5)nc4)C3=O)cc21. The Hall–Kier alpha value is -2.96. The van der Waals surface area contributed by atoms with E-state index in [1.807, 2.05) is 0 Å². The van der Waals surface area contributed by atoms with Crippen LogP contribution in [0.2, 0.25) is 0 Å². The van der Waals surface area contributed by atoms with Crippen LogP contribution in [0.25, 0.3) is 0 Å². The molecule has 150 valence electrons. The number of ether oxygens (including phenoxy) is 2. The molecule has 6 nitrogen and oxygen atoms in total. The first kappa shape index (κ1) is 18.1. The van der Waals surface area contributed by atoms with E-state index in [2.05, 4.69) is 4.98 Å². The molecule has 1 saturated heterocycles. The number of aromatic nitrogens is 1. The number of Topliss-reactive ketones (excluding diaryl/α,β-unsaturated/α-hetero) is 1. The van der Waals surface area contributed by atoms with Crippen LogP contribution >= 0.6 is 0 Å². The van der Waals surface area contributed by atoms with Crippen LogP contribution in [0.5, 0.6) is 11.6 Å². The van der Waals surface area contributed by atoms with E-state index >= 15 is 0 Å². The Labute approximate surface area is 167 Å². The summed E-state index contributed by atoms with van der Waals surface area (Å²) < 4.78 is 25.9. The number of hydrogen-bond donors (Lipinski definition) is 0. The number of ketones is 1. The summed E-state index contributed by atoms with van der Waals surface area (Å²) in [4.78, 5) is 30.5. The predicted octanol–water partition coefficient (Wildman–Crippen LogP) is 3.47. The second-order valence-electron chi connectivity index (χ2n) is 7.76. The summed E-state index contributed by atoms with van der Waals surface area (Å²) in [6, 6.07) is 6.45. The van der Waals surface area contributed by atoms with Gasteiger partial charge in [-0.25, -0.2) is 9.37 Å². The van der Waals surface area contributed by atoms with Crippen molar-refractivity contribution in [2.24, 2.45) is 0 Å². The van der Waals surface area contributed by atoms with Gasteiger partial charge in [0.2, 0.25) is 5.88 Å². The number of carbonyl (C=O) groups excluding carboxylic acids is 2.